The quantitative estimate of drug-likeness (QED) is 0.485. The fourth-order valence-corrected chi connectivity index (χ4v) is 1.25. The SMILES string of the molecule is [O-][NH+]1CCCCNCCCCO1. The van der Waals surface area contributed by atoms with Gasteiger partial charge in [-0.15, -0.1) is 0 Å². The first-order valence-electron chi connectivity index (χ1n) is 4.76. The molecule has 2 N–H and O–H groups in total. The second kappa shape index (κ2) is 6.37. The Morgan fingerprint density at radius 2 is 1.83 bits per heavy atom. The highest BCUT2D eigenvalue weighted by atomic mass is 16.9. The van der Waals surface area contributed by atoms with Crippen molar-refractivity contribution < 1.29 is 10.1 Å². The molecular formula is C8H18N2O2. The van der Waals surface area contributed by atoms with Crippen LogP contribution in [-0.2, 0) is 4.84 Å². The topological polar surface area (TPSA) is 48.8 Å². The van der Waals surface area contributed by atoms with Crippen LogP contribution in [0.3, 0.4) is 0 Å². The predicted octanol–water partition coefficient (Wildman–Crippen LogP) is -0.536. The van der Waals surface area contributed by atoms with E-state index in [0.29, 0.717) is 13.2 Å². The van der Waals surface area contributed by atoms with Gasteiger partial charge in [-0.05, 0) is 32.4 Å². The summed E-state index contributed by atoms with van der Waals surface area (Å²) in [5, 5.41) is 14.3. The summed E-state index contributed by atoms with van der Waals surface area (Å²) in [5.74, 6) is 0. The summed E-state index contributed by atoms with van der Waals surface area (Å²) in [6.07, 6.45) is 4.12. The van der Waals surface area contributed by atoms with Crippen LogP contribution < -0.4 is 10.5 Å². The van der Waals surface area contributed by atoms with Crippen LogP contribution in [0.1, 0.15) is 25.7 Å². The molecule has 0 spiro atoms. The van der Waals surface area contributed by atoms with E-state index in [-0.39, 0.29) is 5.23 Å². The summed E-state index contributed by atoms with van der Waals surface area (Å²) >= 11 is 0. The molecule has 1 unspecified atom stereocenters. The first-order valence-corrected chi connectivity index (χ1v) is 4.76. The van der Waals surface area contributed by atoms with Gasteiger partial charge in [0.1, 0.15) is 13.2 Å². The van der Waals surface area contributed by atoms with Gasteiger partial charge in [-0.2, -0.15) is 0 Å². The Balaban J connectivity index is 2.13. The molecule has 1 heterocycles. The van der Waals surface area contributed by atoms with Crippen molar-refractivity contribution in [2.45, 2.75) is 25.7 Å². The standard InChI is InChI=1S/C8H18N2O2/c11-10-7-3-1-5-9-6-2-4-8-12-10/h9-10H,1-8H2. The molecule has 0 radical (unpaired) electrons. The van der Waals surface area contributed by atoms with E-state index in [1.54, 1.807) is 0 Å². The third-order valence-corrected chi connectivity index (χ3v) is 2.00. The number of nitrogens with one attached hydrogen (secondary N) is 2. The third kappa shape index (κ3) is 4.66. The van der Waals surface area contributed by atoms with Gasteiger partial charge in [-0.3, -0.25) is 0 Å². The minimum Gasteiger partial charge on any atom is -0.600 e. The van der Waals surface area contributed by atoms with Gasteiger partial charge in [-0.1, -0.05) is 0 Å². The van der Waals surface area contributed by atoms with Gasteiger partial charge in [0, 0.05) is 6.42 Å². The smallest absolute Gasteiger partial charge is 0.107 e. The third-order valence-electron chi connectivity index (χ3n) is 2.00. The lowest BCUT2D eigenvalue weighted by atomic mass is 10.3. The molecule has 4 nitrogen and oxygen atoms in total. The molecule has 0 aromatic heterocycles. The van der Waals surface area contributed by atoms with Crippen molar-refractivity contribution in [3.8, 4) is 0 Å². The summed E-state index contributed by atoms with van der Waals surface area (Å²) in [6.45, 7) is 3.27. The summed E-state index contributed by atoms with van der Waals surface area (Å²) < 4.78 is 0. The maximum atomic E-state index is 11.0. The highest BCUT2D eigenvalue weighted by Gasteiger charge is 2.00. The van der Waals surface area contributed by atoms with Gasteiger partial charge in [0.15, 0.2) is 0 Å². The molecule has 12 heavy (non-hydrogen) atoms. The van der Waals surface area contributed by atoms with E-state index >= 15 is 0 Å². The number of hydrogen-bond acceptors (Lipinski definition) is 3. The average Bonchev–Trinajstić information content (AvgIpc) is 2.11. The first kappa shape index (κ1) is 9.92. The van der Waals surface area contributed by atoms with Crippen LogP contribution in [0.15, 0.2) is 0 Å². The van der Waals surface area contributed by atoms with Crippen LogP contribution in [0.4, 0.5) is 0 Å². The van der Waals surface area contributed by atoms with Crippen molar-refractivity contribution >= 4 is 0 Å². The van der Waals surface area contributed by atoms with Crippen LogP contribution in [0.2, 0.25) is 0 Å². The largest absolute Gasteiger partial charge is 0.600 e. The van der Waals surface area contributed by atoms with Crippen molar-refractivity contribution in [1.82, 2.24) is 5.32 Å². The normalized spacial score (nSPS) is 29.2. The van der Waals surface area contributed by atoms with E-state index in [1.165, 1.54) is 0 Å². The van der Waals surface area contributed by atoms with Crippen molar-refractivity contribution in [2.75, 3.05) is 26.2 Å². The van der Waals surface area contributed by atoms with Crippen LogP contribution in [0, 0.1) is 5.21 Å². The zero-order valence-corrected chi connectivity index (χ0v) is 7.47. The summed E-state index contributed by atoms with van der Waals surface area (Å²) in [4.78, 5) is 5.01. The van der Waals surface area contributed by atoms with E-state index < -0.39 is 0 Å². The number of hydrogen-bond donors (Lipinski definition) is 2. The number of rotatable bonds is 0. The monoisotopic (exact) mass is 174 g/mol. The lowest BCUT2D eigenvalue weighted by Gasteiger charge is -2.18. The molecule has 1 rings (SSSR count). The van der Waals surface area contributed by atoms with E-state index in [9.17, 15) is 5.21 Å². The Hall–Kier alpha value is -0.160. The van der Waals surface area contributed by atoms with E-state index in [2.05, 4.69) is 5.32 Å². The van der Waals surface area contributed by atoms with Gasteiger partial charge >= 0.3 is 0 Å². The lowest BCUT2D eigenvalue weighted by molar-refractivity contribution is -1.05. The molecule has 1 atom stereocenters. The van der Waals surface area contributed by atoms with Crippen molar-refractivity contribution in [3.05, 3.63) is 5.21 Å². The Morgan fingerprint density at radius 3 is 2.67 bits per heavy atom. The van der Waals surface area contributed by atoms with Crippen molar-refractivity contribution in [1.29, 1.82) is 0 Å². The Labute approximate surface area is 73.4 Å². The Kier molecular flexibility index (Phi) is 5.27. The van der Waals surface area contributed by atoms with Crippen LogP contribution in [-0.4, -0.2) is 26.2 Å². The number of quaternary nitrogens is 1. The maximum absolute atomic E-state index is 11.0. The van der Waals surface area contributed by atoms with Crippen LogP contribution in [0.5, 0.6) is 0 Å². The molecule has 0 aliphatic carbocycles. The molecule has 1 fully saturated rings. The summed E-state index contributed by atoms with van der Waals surface area (Å²) in [6, 6.07) is 0. The molecule has 1 aliphatic heterocycles. The van der Waals surface area contributed by atoms with Gasteiger partial charge in [0.25, 0.3) is 0 Å². The molecule has 72 valence electrons. The lowest BCUT2D eigenvalue weighted by Crippen LogP contribution is -3.06. The van der Waals surface area contributed by atoms with E-state index in [1.807, 2.05) is 0 Å². The molecule has 0 saturated carbocycles. The predicted molar refractivity (Wildman–Crippen MR) is 46.5 cm³/mol. The fraction of sp³-hybridized carbons (Fsp3) is 1.00. The fourth-order valence-electron chi connectivity index (χ4n) is 1.25. The zero-order chi connectivity index (χ0) is 8.65. The highest BCUT2D eigenvalue weighted by Crippen LogP contribution is 1.89. The van der Waals surface area contributed by atoms with Crippen LogP contribution in [0.25, 0.3) is 0 Å². The molecule has 0 amide bonds. The van der Waals surface area contributed by atoms with Gasteiger partial charge < -0.3 is 10.5 Å². The number of hydroxylamine groups is 2. The molecule has 0 aromatic rings. The minimum absolute atomic E-state index is 0.0306. The van der Waals surface area contributed by atoms with Crippen LogP contribution >= 0.6 is 0 Å². The first-order chi connectivity index (χ1) is 5.89. The molecule has 0 bridgehead atoms. The second-order valence-electron chi connectivity index (χ2n) is 3.13. The van der Waals surface area contributed by atoms with E-state index in [0.717, 1.165) is 38.8 Å². The maximum Gasteiger partial charge on any atom is 0.107 e. The second-order valence-corrected chi connectivity index (χ2v) is 3.13. The molecule has 0 aromatic carbocycles. The van der Waals surface area contributed by atoms with Gasteiger partial charge in [0.05, 0.1) is 0 Å². The summed E-state index contributed by atoms with van der Waals surface area (Å²) in [7, 11) is 0. The minimum atomic E-state index is -0.0306. The van der Waals surface area contributed by atoms with E-state index in [4.69, 9.17) is 4.84 Å². The Bertz CT molecular complexity index is 99.2. The van der Waals surface area contributed by atoms with Gasteiger partial charge in [0.2, 0.25) is 0 Å². The summed E-state index contributed by atoms with van der Waals surface area (Å²) in [5.41, 5.74) is 0. The molecule has 1 saturated heterocycles. The van der Waals surface area contributed by atoms with Crippen molar-refractivity contribution in [2.24, 2.45) is 0 Å². The molecular weight excluding hydrogens is 156 g/mol. The van der Waals surface area contributed by atoms with Crippen molar-refractivity contribution in [3.63, 3.8) is 0 Å². The Morgan fingerprint density at radius 1 is 1.08 bits per heavy atom. The zero-order valence-electron chi connectivity index (χ0n) is 7.47. The molecule has 1 aliphatic rings. The molecule has 4 heteroatoms. The van der Waals surface area contributed by atoms with Gasteiger partial charge in [-0.25, -0.2) is 10.1 Å². The highest BCUT2D eigenvalue weighted by molar-refractivity contribution is 4.49. The average molecular weight is 174 g/mol.